The van der Waals surface area contributed by atoms with Crippen molar-refractivity contribution in [3.05, 3.63) is 28.2 Å². The molecule has 0 amide bonds. The summed E-state index contributed by atoms with van der Waals surface area (Å²) in [5, 5.41) is 9.49. The number of hydrogen-bond donors (Lipinski definition) is 1. The molecule has 0 spiro atoms. The largest absolute Gasteiger partial charge is 0.506 e. The van der Waals surface area contributed by atoms with E-state index in [1.165, 1.54) is 0 Å². The van der Waals surface area contributed by atoms with E-state index in [1.54, 1.807) is 0 Å². The quantitative estimate of drug-likeness (QED) is 0.670. The van der Waals surface area contributed by atoms with Crippen molar-refractivity contribution in [2.75, 3.05) is 0 Å². The van der Waals surface area contributed by atoms with E-state index in [9.17, 15) is 5.11 Å². The van der Waals surface area contributed by atoms with Crippen molar-refractivity contribution < 1.29 is 13.3 Å². The van der Waals surface area contributed by atoms with Crippen LogP contribution in [0.15, 0.2) is 22.6 Å². The zero-order valence-corrected chi connectivity index (χ0v) is 5.91. The Morgan fingerprint density at radius 3 is 3.22 bits per heavy atom. The number of benzene rings is 1. The highest BCUT2D eigenvalue weighted by molar-refractivity contribution is 9.10. The van der Waals surface area contributed by atoms with Crippen LogP contribution in [0, 0.1) is 6.85 Å². The molecule has 1 N–H and O–H groups in total. The third kappa shape index (κ3) is 1.24. The number of phenolic OH excluding ortho intramolecular Hbond substituents is 1. The standard InChI is InChI=1S/C7H7BrO/c1-5-3-2-4-6(8)7(5)9/h2-4,9H,1H3/i1D3,2D,3D,4D. The lowest BCUT2D eigenvalue weighted by atomic mass is 10.2. The summed E-state index contributed by atoms with van der Waals surface area (Å²) in [5.74, 6) is -0.666. The molecule has 0 radical (unpaired) electrons. The lowest BCUT2D eigenvalue weighted by Gasteiger charge is -1.97. The van der Waals surface area contributed by atoms with Gasteiger partial charge >= 0.3 is 0 Å². The predicted octanol–water partition coefficient (Wildman–Crippen LogP) is 2.46. The van der Waals surface area contributed by atoms with Gasteiger partial charge in [0.1, 0.15) is 5.75 Å². The van der Waals surface area contributed by atoms with Gasteiger partial charge in [-0.1, -0.05) is 12.1 Å². The molecular weight excluding hydrogens is 180 g/mol. The summed E-state index contributed by atoms with van der Waals surface area (Å²) in [6, 6.07) is -1.56. The summed E-state index contributed by atoms with van der Waals surface area (Å²) in [5.41, 5.74) is -0.602. The molecule has 0 aliphatic carbocycles. The zero-order chi connectivity index (χ0) is 12.0. The van der Waals surface area contributed by atoms with Crippen LogP contribution in [0.25, 0.3) is 0 Å². The van der Waals surface area contributed by atoms with Crippen molar-refractivity contribution in [2.45, 2.75) is 6.85 Å². The van der Waals surface area contributed by atoms with Crippen molar-refractivity contribution in [1.29, 1.82) is 0 Å². The Labute approximate surface area is 70.9 Å². The lowest BCUT2D eigenvalue weighted by molar-refractivity contribution is 0.467. The van der Waals surface area contributed by atoms with E-state index >= 15 is 0 Å². The number of aromatic hydroxyl groups is 1. The molecule has 0 unspecified atom stereocenters. The molecule has 0 saturated heterocycles. The van der Waals surface area contributed by atoms with Crippen LogP contribution in [0.1, 0.15) is 13.8 Å². The molecule has 2 heteroatoms. The Morgan fingerprint density at radius 1 is 1.78 bits per heavy atom. The van der Waals surface area contributed by atoms with E-state index in [0.717, 1.165) is 0 Å². The molecular formula is C7H7BrO. The summed E-state index contributed by atoms with van der Waals surface area (Å²) in [4.78, 5) is 0. The number of phenols is 1. The van der Waals surface area contributed by atoms with Crippen LogP contribution in [0.5, 0.6) is 5.75 Å². The van der Waals surface area contributed by atoms with Gasteiger partial charge in [0, 0.05) is 4.11 Å². The predicted molar refractivity (Wildman–Crippen MR) is 40.5 cm³/mol. The van der Waals surface area contributed by atoms with Gasteiger partial charge in [0.15, 0.2) is 0 Å². The number of hydrogen-bond acceptors (Lipinski definition) is 1. The average Bonchev–Trinajstić information content (AvgIpc) is 2.09. The van der Waals surface area contributed by atoms with E-state index in [-0.39, 0.29) is 4.47 Å². The van der Waals surface area contributed by atoms with Crippen molar-refractivity contribution in [3.8, 4) is 5.75 Å². The highest BCUT2D eigenvalue weighted by atomic mass is 79.9. The third-order valence-electron chi connectivity index (χ3n) is 0.804. The maximum Gasteiger partial charge on any atom is 0.132 e. The van der Waals surface area contributed by atoms with Gasteiger partial charge in [0.2, 0.25) is 0 Å². The second-order valence-electron chi connectivity index (χ2n) is 1.41. The first-order valence-corrected chi connectivity index (χ1v) is 2.96. The Balaban J connectivity index is 3.68. The minimum Gasteiger partial charge on any atom is -0.506 e. The highest BCUT2D eigenvalue weighted by Crippen LogP contribution is 2.25. The summed E-state index contributed by atoms with van der Waals surface area (Å²) in [6.07, 6.45) is 0. The van der Waals surface area contributed by atoms with Crippen molar-refractivity contribution in [1.82, 2.24) is 0 Å². The third-order valence-corrected chi connectivity index (χ3v) is 1.38. The molecule has 0 aliphatic heterocycles. The molecule has 1 nitrogen and oxygen atoms in total. The normalized spacial score (nSPS) is 20.6. The summed E-state index contributed by atoms with van der Waals surface area (Å²) in [6.45, 7) is -2.67. The molecule has 0 bridgehead atoms. The van der Waals surface area contributed by atoms with Crippen molar-refractivity contribution in [2.24, 2.45) is 0 Å². The minimum atomic E-state index is -2.67. The fourth-order valence-electron chi connectivity index (χ4n) is 0.377. The van der Waals surface area contributed by atoms with Gasteiger partial charge in [0.05, 0.1) is 8.58 Å². The molecule has 0 heterocycles. The molecule has 1 rings (SSSR count). The maximum absolute atomic E-state index is 9.49. The van der Waals surface area contributed by atoms with Crippen LogP contribution in [-0.2, 0) is 0 Å². The van der Waals surface area contributed by atoms with Gasteiger partial charge in [-0.05, 0) is 34.4 Å². The van der Waals surface area contributed by atoms with Gasteiger partial charge in [-0.2, -0.15) is 0 Å². The van der Waals surface area contributed by atoms with E-state index in [1.807, 2.05) is 0 Å². The second kappa shape index (κ2) is 2.40. The molecule has 0 aliphatic rings. The van der Waals surface area contributed by atoms with Crippen LogP contribution in [0.3, 0.4) is 0 Å². The van der Waals surface area contributed by atoms with Gasteiger partial charge in [-0.25, -0.2) is 0 Å². The smallest absolute Gasteiger partial charge is 0.132 e. The summed E-state index contributed by atoms with van der Waals surface area (Å²) >= 11 is 2.82. The maximum atomic E-state index is 9.49. The van der Waals surface area contributed by atoms with Crippen LogP contribution in [-0.4, -0.2) is 5.11 Å². The molecule has 0 fully saturated rings. The summed E-state index contributed by atoms with van der Waals surface area (Å²) < 4.78 is 43.2. The van der Waals surface area contributed by atoms with Crippen molar-refractivity contribution in [3.63, 3.8) is 0 Å². The minimum absolute atomic E-state index is 0.172. The summed E-state index contributed by atoms with van der Waals surface area (Å²) in [7, 11) is 0. The molecule has 0 saturated carbocycles. The van der Waals surface area contributed by atoms with E-state index in [2.05, 4.69) is 15.9 Å². The Hall–Kier alpha value is -0.500. The Bertz CT molecular complexity index is 384. The Kier molecular flexibility index (Phi) is 0.605. The lowest BCUT2D eigenvalue weighted by Crippen LogP contribution is -1.73. The topological polar surface area (TPSA) is 20.2 Å². The number of rotatable bonds is 0. The fourth-order valence-corrected chi connectivity index (χ4v) is 0.674. The van der Waals surface area contributed by atoms with Gasteiger partial charge in [-0.3, -0.25) is 0 Å². The second-order valence-corrected chi connectivity index (χ2v) is 2.21. The van der Waals surface area contributed by atoms with E-state index in [0.29, 0.717) is 0 Å². The van der Waals surface area contributed by atoms with Crippen LogP contribution in [0.2, 0.25) is 0 Å². The van der Waals surface area contributed by atoms with Gasteiger partial charge in [-0.15, -0.1) is 0 Å². The van der Waals surface area contributed by atoms with Gasteiger partial charge < -0.3 is 5.11 Å². The first-order chi connectivity index (χ1) is 6.68. The average molecular weight is 193 g/mol. The molecule has 48 valence electrons. The fraction of sp³-hybridized carbons (Fsp3) is 0.143. The van der Waals surface area contributed by atoms with Gasteiger partial charge in [0.25, 0.3) is 0 Å². The SMILES string of the molecule is [2H]c1c([2H])c(Br)c(O)c(C([2H])([2H])[2H])c1[2H]. The monoisotopic (exact) mass is 192 g/mol. The molecule has 0 aromatic heterocycles. The molecule has 1 aromatic carbocycles. The molecule has 9 heavy (non-hydrogen) atoms. The first kappa shape index (κ1) is 2.27. The number of para-hydroxylation sites is 1. The number of halogens is 1. The van der Waals surface area contributed by atoms with Crippen molar-refractivity contribution >= 4 is 15.9 Å². The van der Waals surface area contributed by atoms with E-state index < -0.39 is 36.3 Å². The van der Waals surface area contributed by atoms with E-state index in [4.69, 9.17) is 8.22 Å². The highest BCUT2D eigenvalue weighted by Gasteiger charge is 1.96. The van der Waals surface area contributed by atoms with Crippen LogP contribution >= 0.6 is 15.9 Å². The zero-order valence-electron chi connectivity index (χ0n) is 10.3. The molecule has 1 aromatic rings. The molecule has 0 atom stereocenters. The first-order valence-electron chi connectivity index (χ1n) is 5.16. The Morgan fingerprint density at radius 2 is 2.56 bits per heavy atom. The van der Waals surface area contributed by atoms with Crippen LogP contribution < -0.4 is 0 Å². The van der Waals surface area contributed by atoms with Crippen LogP contribution in [0.4, 0.5) is 0 Å².